The lowest BCUT2D eigenvalue weighted by Crippen LogP contribution is -2.28. The maximum absolute atomic E-state index is 6.04. The summed E-state index contributed by atoms with van der Waals surface area (Å²) in [5.74, 6) is 2.20. The molecule has 0 unspecified atom stereocenters. The number of hydrogen-bond acceptors (Lipinski definition) is 4. The quantitative estimate of drug-likeness (QED) is 0.753. The first-order valence-electron chi connectivity index (χ1n) is 7.81. The molecular formula is C16H26N2O2. The molecule has 0 atom stereocenters. The normalized spacial score (nSPS) is 18.9. The highest BCUT2D eigenvalue weighted by molar-refractivity contribution is 5.20. The van der Waals surface area contributed by atoms with E-state index in [4.69, 9.17) is 9.15 Å². The Morgan fingerprint density at radius 1 is 1.35 bits per heavy atom. The van der Waals surface area contributed by atoms with Crippen LogP contribution in [0.3, 0.4) is 0 Å². The van der Waals surface area contributed by atoms with Crippen molar-refractivity contribution in [3.05, 3.63) is 23.2 Å². The molecule has 20 heavy (non-hydrogen) atoms. The molecule has 0 saturated heterocycles. The maximum atomic E-state index is 6.04. The second kappa shape index (κ2) is 6.29. The Balaban J connectivity index is 1.55. The average molecular weight is 278 g/mol. The van der Waals surface area contributed by atoms with Crippen LogP contribution < -0.4 is 5.32 Å². The Kier molecular flexibility index (Phi) is 4.44. The zero-order chi connectivity index (χ0) is 13.9. The first kappa shape index (κ1) is 14.1. The van der Waals surface area contributed by atoms with Gasteiger partial charge < -0.3 is 14.5 Å². The minimum atomic E-state index is 0.729. The second-order valence-electron chi connectivity index (χ2n) is 6.17. The van der Waals surface area contributed by atoms with Gasteiger partial charge >= 0.3 is 0 Å². The van der Waals surface area contributed by atoms with E-state index in [1.54, 1.807) is 7.11 Å². The Bertz CT molecular complexity index is 436. The van der Waals surface area contributed by atoms with Gasteiger partial charge in [0.2, 0.25) is 0 Å². The van der Waals surface area contributed by atoms with Crippen molar-refractivity contribution in [2.24, 2.45) is 0 Å². The standard InChI is InChI=1S/C16H26N2O2/c1-12-9-15(20-16(12)10-17-13-3-4-13)11-18(7-8-19-2)14-5-6-14/h9,13-14,17H,3-8,10-11H2,1-2H3. The van der Waals surface area contributed by atoms with Crippen LogP contribution in [0.1, 0.15) is 42.8 Å². The van der Waals surface area contributed by atoms with E-state index in [1.807, 2.05) is 0 Å². The van der Waals surface area contributed by atoms with Gasteiger partial charge in [0, 0.05) is 25.7 Å². The number of nitrogens with one attached hydrogen (secondary N) is 1. The van der Waals surface area contributed by atoms with E-state index in [0.29, 0.717) is 0 Å². The van der Waals surface area contributed by atoms with Crippen molar-refractivity contribution in [2.75, 3.05) is 20.3 Å². The largest absolute Gasteiger partial charge is 0.463 e. The summed E-state index contributed by atoms with van der Waals surface area (Å²) in [6.45, 7) is 5.73. The van der Waals surface area contributed by atoms with Gasteiger partial charge in [-0.3, -0.25) is 4.90 Å². The fourth-order valence-electron chi connectivity index (χ4n) is 2.61. The maximum Gasteiger partial charge on any atom is 0.120 e. The fourth-order valence-corrected chi connectivity index (χ4v) is 2.61. The lowest BCUT2D eigenvalue weighted by atomic mass is 10.2. The van der Waals surface area contributed by atoms with Gasteiger partial charge in [-0.25, -0.2) is 0 Å². The molecule has 1 aromatic heterocycles. The summed E-state index contributed by atoms with van der Waals surface area (Å²) in [7, 11) is 1.77. The van der Waals surface area contributed by atoms with Gasteiger partial charge in [0.25, 0.3) is 0 Å². The summed E-state index contributed by atoms with van der Waals surface area (Å²) in [6, 6.07) is 3.67. The number of hydrogen-bond donors (Lipinski definition) is 1. The van der Waals surface area contributed by atoms with Gasteiger partial charge in [-0.15, -0.1) is 0 Å². The van der Waals surface area contributed by atoms with Gasteiger partial charge in [-0.05, 0) is 44.2 Å². The highest BCUT2D eigenvalue weighted by Crippen LogP contribution is 2.29. The van der Waals surface area contributed by atoms with E-state index >= 15 is 0 Å². The second-order valence-corrected chi connectivity index (χ2v) is 6.17. The Morgan fingerprint density at radius 2 is 2.15 bits per heavy atom. The molecule has 3 rings (SSSR count). The summed E-state index contributed by atoms with van der Waals surface area (Å²) in [5.41, 5.74) is 1.27. The SMILES string of the molecule is COCCN(Cc1cc(C)c(CNC2CC2)o1)C1CC1. The third-order valence-electron chi connectivity index (χ3n) is 4.21. The first-order valence-corrected chi connectivity index (χ1v) is 7.81. The molecule has 0 amide bonds. The van der Waals surface area contributed by atoms with Crippen molar-refractivity contribution in [3.8, 4) is 0 Å². The molecule has 2 fully saturated rings. The number of ether oxygens (including phenoxy) is 1. The topological polar surface area (TPSA) is 37.6 Å². The molecule has 4 nitrogen and oxygen atoms in total. The molecule has 0 spiro atoms. The van der Waals surface area contributed by atoms with Crippen molar-refractivity contribution < 1.29 is 9.15 Å². The van der Waals surface area contributed by atoms with Crippen LogP contribution in [0.2, 0.25) is 0 Å². The fraction of sp³-hybridized carbons (Fsp3) is 0.750. The van der Waals surface area contributed by atoms with E-state index in [1.165, 1.54) is 31.2 Å². The molecule has 0 radical (unpaired) electrons. The Morgan fingerprint density at radius 3 is 2.80 bits per heavy atom. The monoisotopic (exact) mass is 278 g/mol. The van der Waals surface area contributed by atoms with Crippen molar-refractivity contribution in [1.29, 1.82) is 0 Å². The lowest BCUT2D eigenvalue weighted by molar-refractivity contribution is 0.134. The van der Waals surface area contributed by atoms with Crippen LogP contribution in [0, 0.1) is 6.92 Å². The molecule has 1 N–H and O–H groups in total. The molecule has 4 heteroatoms. The zero-order valence-electron chi connectivity index (χ0n) is 12.7. The molecule has 2 aliphatic carbocycles. The van der Waals surface area contributed by atoms with Crippen LogP contribution in [0.4, 0.5) is 0 Å². The molecule has 0 bridgehead atoms. The molecule has 2 saturated carbocycles. The Hall–Kier alpha value is -0.840. The van der Waals surface area contributed by atoms with Crippen LogP contribution in [0.25, 0.3) is 0 Å². The zero-order valence-corrected chi connectivity index (χ0v) is 12.7. The molecule has 2 aliphatic rings. The summed E-state index contributed by atoms with van der Waals surface area (Å²) < 4.78 is 11.2. The van der Waals surface area contributed by atoms with Crippen LogP contribution in [0.15, 0.2) is 10.5 Å². The molecule has 1 aromatic rings. The summed E-state index contributed by atoms with van der Waals surface area (Å²) >= 11 is 0. The number of rotatable bonds is 9. The van der Waals surface area contributed by atoms with Gasteiger partial charge in [-0.1, -0.05) is 0 Å². The summed E-state index contributed by atoms with van der Waals surface area (Å²) in [6.07, 6.45) is 5.27. The first-order chi connectivity index (χ1) is 9.76. The molecular weight excluding hydrogens is 252 g/mol. The molecule has 112 valence electrons. The number of nitrogens with zero attached hydrogens (tertiary/aromatic N) is 1. The number of furan rings is 1. The molecule has 0 aromatic carbocycles. The van der Waals surface area contributed by atoms with Gasteiger partial charge in [0.05, 0.1) is 19.7 Å². The van der Waals surface area contributed by atoms with E-state index in [9.17, 15) is 0 Å². The highest BCUT2D eigenvalue weighted by Gasteiger charge is 2.29. The summed E-state index contributed by atoms with van der Waals surface area (Å²) in [5, 5.41) is 3.52. The predicted molar refractivity (Wildman–Crippen MR) is 78.6 cm³/mol. The van der Waals surface area contributed by atoms with E-state index in [-0.39, 0.29) is 0 Å². The van der Waals surface area contributed by atoms with Crippen molar-refractivity contribution in [2.45, 2.75) is 57.8 Å². The minimum Gasteiger partial charge on any atom is -0.463 e. The third-order valence-corrected chi connectivity index (χ3v) is 4.21. The summed E-state index contributed by atoms with van der Waals surface area (Å²) in [4.78, 5) is 2.49. The number of methoxy groups -OCH3 is 1. The van der Waals surface area contributed by atoms with Crippen molar-refractivity contribution >= 4 is 0 Å². The third kappa shape index (κ3) is 3.84. The van der Waals surface area contributed by atoms with Crippen molar-refractivity contribution in [1.82, 2.24) is 10.2 Å². The smallest absolute Gasteiger partial charge is 0.120 e. The number of aryl methyl sites for hydroxylation is 1. The average Bonchev–Trinajstić information content (AvgIpc) is 3.32. The molecule has 0 aliphatic heterocycles. The van der Waals surface area contributed by atoms with Crippen LogP contribution in [-0.4, -0.2) is 37.2 Å². The highest BCUT2D eigenvalue weighted by atomic mass is 16.5. The van der Waals surface area contributed by atoms with E-state index in [0.717, 1.165) is 49.8 Å². The van der Waals surface area contributed by atoms with Crippen molar-refractivity contribution in [3.63, 3.8) is 0 Å². The van der Waals surface area contributed by atoms with Crippen LogP contribution in [0.5, 0.6) is 0 Å². The molecule has 1 heterocycles. The predicted octanol–water partition coefficient (Wildman–Crippen LogP) is 2.45. The van der Waals surface area contributed by atoms with Crippen LogP contribution >= 0.6 is 0 Å². The van der Waals surface area contributed by atoms with Gasteiger partial charge in [0.15, 0.2) is 0 Å². The van der Waals surface area contributed by atoms with E-state index in [2.05, 4.69) is 23.2 Å². The Labute approximate surface area is 121 Å². The lowest BCUT2D eigenvalue weighted by Gasteiger charge is -2.20. The van der Waals surface area contributed by atoms with Gasteiger partial charge in [0.1, 0.15) is 11.5 Å². The van der Waals surface area contributed by atoms with Gasteiger partial charge in [-0.2, -0.15) is 0 Å². The minimum absolute atomic E-state index is 0.729. The van der Waals surface area contributed by atoms with Crippen LogP contribution in [-0.2, 0) is 17.8 Å². The van der Waals surface area contributed by atoms with E-state index < -0.39 is 0 Å².